The molecule has 11 rings (SSSR count). The van der Waals surface area contributed by atoms with E-state index in [2.05, 4.69) is 158 Å². The highest BCUT2D eigenvalue weighted by atomic mass is 16.3. The summed E-state index contributed by atoms with van der Waals surface area (Å²) in [6.45, 7) is 0. The van der Waals surface area contributed by atoms with Gasteiger partial charge in [-0.1, -0.05) is 146 Å². The summed E-state index contributed by atoms with van der Waals surface area (Å²) in [5.41, 5.74) is 10.8. The van der Waals surface area contributed by atoms with Crippen molar-refractivity contribution < 1.29 is 8.83 Å². The third-order valence-corrected chi connectivity index (χ3v) is 10.5. The van der Waals surface area contributed by atoms with Gasteiger partial charge in [-0.25, -0.2) is 0 Å². The average Bonchev–Trinajstić information content (AvgIpc) is 3.75. The molecule has 11 aromatic rings. The van der Waals surface area contributed by atoms with Crippen molar-refractivity contribution in [3.05, 3.63) is 170 Å². The summed E-state index contributed by atoms with van der Waals surface area (Å²) in [4.78, 5) is 0. The molecule has 0 saturated carbocycles. The molecule has 0 spiro atoms. The first-order chi connectivity index (χ1) is 24.8. The highest BCUT2D eigenvalue weighted by Gasteiger charge is 2.19. The van der Waals surface area contributed by atoms with Crippen molar-refractivity contribution in [3.8, 4) is 33.4 Å². The Morgan fingerprint density at radius 1 is 0.300 bits per heavy atom. The zero-order chi connectivity index (χ0) is 32.8. The van der Waals surface area contributed by atoms with Crippen molar-refractivity contribution in [2.45, 2.75) is 0 Å². The molecule has 232 valence electrons. The Morgan fingerprint density at radius 3 is 1.58 bits per heavy atom. The first kappa shape index (κ1) is 27.3. The fraction of sp³-hybridized carbons (Fsp3) is 0. The van der Waals surface area contributed by atoms with Crippen LogP contribution in [0, 0.1) is 0 Å². The minimum absolute atomic E-state index is 0.906. The monoisotopic (exact) mass is 636 g/mol. The Balaban J connectivity index is 1.12. The lowest BCUT2D eigenvalue weighted by Gasteiger charge is -2.18. The molecule has 2 heterocycles. The fourth-order valence-corrected chi connectivity index (χ4v) is 8.24. The third-order valence-electron chi connectivity index (χ3n) is 10.5. The van der Waals surface area contributed by atoms with Crippen LogP contribution in [0.2, 0.25) is 0 Å². The first-order valence-electron chi connectivity index (χ1n) is 17.1. The van der Waals surface area contributed by atoms with Crippen LogP contribution < -0.4 is 0 Å². The number of fused-ring (bicyclic) bond motifs is 10. The van der Waals surface area contributed by atoms with Crippen LogP contribution in [-0.4, -0.2) is 0 Å². The van der Waals surface area contributed by atoms with E-state index in [4.69, 9.17) is 8.83 Å². The van der Waals surface area contributed by atoms with Gasteiger partial charge in [0.25, 0.3) is 0 Å². The van der Waals surface area contributed by atoms with Crippen LogP contribution in [0.25, 0.3) is 110 Å². The van der Waals surface area contributed by atoms with Gasteiger partial charge in [0.1, 0.15) is 22.3 Å². The lowest BCUT2D eigenvalue weighted by Crippen LogP contribution is -1.91. The molecule has 0 amide bonds. The Bertz CT molecular complexity index is 3080. The molecule has 0 radical (unpaired) electrons. The smallest absolute Gasteiger partial charge is 0.143 e. The van der Waals surface area contributed by atoms with Gasteiger partial charge in [-0.2, -0.15) is 0 Å². The second kappa shape index (κ2) is 10.4. The van der Waals surface area contributed by atoms with Gasteiger partial charge < -0.3 is 8.83 Å². The van der Waals surface area contributed by atoms with Crippen molar-refractivity contribution >= 4 is 76.2 Å². The van der Waals surface area contributed by atoms with Crippen molar-refractivity contribution in [3.63, 3.8) is 0 Å². The zero-order valence-electron chi connectivity index (χ0n) is 27.0. The molecule has 0 fully saturated rings. The molecule has 0 aliphatic heterocycles. The maximum atomic E-state index is 6.38. The SMILES string of the molecule is c1ccc2c(c1)ccc1oc3ccc(-c4c5ccccc5c(-c5ccc(-c6cccc7c6oc6ccccc67)cc5)c5ccccc45)cc3c12. The lowest BCUT2D eigenvalue weighted by molar-refractivity contribution is 0.669. The Morgan fingerprint density at radius 2 is 0.840 bits per heavy atom. The van der Waals surface area contributed by atoms with E-state index in [-0.39, 0.29) is 0 Å². The van der Waals surface area contributed by atoms with Crippen LogP contribution in [0.1, 0.15) is 0 Å². The summed E-state index contributed by atoms with van der Waals surface area (Å²) in [6.07, 6.45) is 0. The molecule has 2 heteroatoms. The molecular weight excluding hydrogens is 609 g/mol. The highest BCUT2D eigenvalue weighted by Crippen LogP contribution is 2.46. The maximum absolute atomic E-state index is 6.38. The summed E-state index contributed by atoms with van der Waals surface area (Å²) in [5.74, 6) is 0. The quantitative estimate of drug-likeness (QED) is 0.180. The van der Waals surface area contributed by atoms with E-state index in [1.54, 1.807) is 0 Å². The van der Waals surface area contributed by atoms with Crippen molar-refractivity contribution in [2.75, 3.05) is 0 Å². The maximum Gasteiger partial charge on any atom is 0.143 e. The first-order valence-corrected chi connectivity index (χ1v) is 17.1. The molecule has 0 unspecified atom stereocenters. The van der Waals surface area contributed by atoms with Crippen molar-refractivity contribution in [2.24, 2.45) is 0 Å². The summed E-state index contributed by atoms with van der Waals surface area (Å²) in [6, 6.07) is 60.9. The molecule has 2 nitrogen and oxygen atoms in total. The molecule has 0 aliphatic carbocycles. The van der Waals surface area contributed by atoms with E-state index >= 15 is 0 Å². The van der Waals surface area contributed by atoms with Crippen LogP contribution in [-0.2, 0) is 0 Å². The van der Waals surface area contributed by atoms with E-state index in [1.165, 1.54) is 60.0 Å². The zero-order valence-corrected chi connectivity index (χ0v) is 27.0. The normalized spacial score (nSPS) is 12.0. The number of hydrogen-bond acceptors (Lipinski definition) is 2. The molecule has 2 aromatic heterocycles. The molecule has 0 N–H and O–H groups in total. The number of furan rings is 2. The molecule has 50 heavy (non-hydrogen) atoms. The lowest BCUT2D eigenvalue weighted by atomic mass is 9.85. The highest BCUT2D eigenvalue weighted by molar-refractivity contribution is 6.24. The average molecular weight is 637 g/mol. The number of rotatable bonds is 3. The Kier molecular flexibility index (Phi) is 5.70. The summed E-state index contributed by atoms with van der Waals surface area (Å²) in [5, 5.41) is 12.0. The van der Waals surface area contributed by atoms with E-state index in [1.807, 2.05) is 12.1 Å². The topological polar surface area (TPSA) is 26.3 Å². The summed E-state index contributed by atoms with van der Waals surface area (Å²) < 4.78 is 12.8. The summed E-state index contributed by atoms with van der Waals surface area (Å²) >= 11 is 0. The van der Waals surface area contributed by atoms with Crippen LogP contribution >= 0.6 is 0 Å². The number of para-hydroxylation sites is 2. The summed E-state index contributed by atoms with van der Waals surface area (Å²) in [7, 11) is 0. The second-order valence-corrected chi connectivity index (χ2v) is 13.2. The second-order valence-electron chi connectivity index (χ2n) is 13.2. The Hall–Kier alpha value is -6.64. The minimum Gasteiger partial charge on any atom is -0.456 e. The third kappa shape index (κ3) is 3.90. The number of benzene rings is 9. The van der Waals surface area contributed by atoms with E-state index in [9.17, 15) is 0 Å². The molecule has 0 aliphatic rings. The largest absolute Gasteiger partial charge is 0.456 e. The predicted octanol–water partition coefficient (Wildman–Crippen LogP) is 13.9. The van der Waals surface area contributed by atoms with Gasteiger partial charge >= 0.3 is 0 Å². The van der Waals surface area contributed by atoms with Crippen LogP contribution in [0.5, 0.6) is 0 Å². The minimum atomic E-state index is 0.906. The van der Waals surface area contributed by atoms with Crippen LogP contribution in [0.15, 0.2) is 179 Å². The van der Waals surface area contributed by atoms with Gasteiger partial charge in [-0.3, -0.25) is 0 Å². The van der Waals surface area contributed by atoms with Crippen LogP contribution in [0.3, 0.4) is 0 Å². The van der Waals surface area contributed by atoms with E-state index < -0.39 is 0 Å². The van der Waals surface area contributed by atoms with Crippen molar-refractivity contribution in [1.82, 2.24) is 0 Å². The van der Waals surface area contributed by atoms with Gasteiger partial charge in [-0.05, 0) is 84.4 Å². The Labute approximate surface area is 287 Å². The molecular formula is C48H28O2. The van der Waals surface area contributed by atoms with Gasteiger partial charge in [-0.15, -0.1) is 0 Å². The fourth-order valence-electron chi connectivity index (χ4n) is 8.24. The van der Waals surface area contributed by atoms with Gasteiger partial charge in [0, 0.05) is 27.1 Å². The molecule has 0 atom stereocenters. The van der Waals surface area contributed by atoms with Gasteiger partial charge in [0.15, 0.2) is 0 Å². The molecule has 0 bridgehead atoms. The van der Waals surface area contributed by atoms with Crippen molar-refractivity contribution in [1.29, 1.82) is 0 Å². The standard InChI is InChI=1S/C48H28O2/c1-2-11-33-29(10-1)24-27-44-47(33)41-28-32(25-26-43(41)49-44)46-38-15-5-3-13-36(38)45(37-14-4-6-16-39(37)46)31-22-20-30(21-23-31)34-17-9-18-40-35-12-7-8-19-42(35)50-48(34)40/h1-28H. The van der Waals surface area contributed by atoms with E-state index in [0.29, 0.717) is 0 Å². The molecule has 0 saturated heterocycles. The number of hydrogen-bond donors (Lipinski definition) is 0. The van der Waals surface area contributed by atoms with E-state index in [0.717, 1.165) is 49.6 Å². The van der Waals surface area contributed by atoms with Gasteiger partial charge in [0.2, 0.25) is 0 Å². The van der Waals surface area contributed by atoms with Gasteiger partial charge in [0.05, 0.1) is 0 Å². The predicted molar refractivity (Wildman–Crippen MR) is 210 cm³/mol. The van der Waals surface area contributed by atoms with Crippen LogP contribution in [0.4, 0.5) is 0 Å². The molecule has 9 aromatic carbocycles.